The summed E-state index contributed by atoms with van der Waals surface area (Å²) in [5.41, 5.74) is 3.18. The second kappa shape index (κ2) is 14.3. The van der Waals surface area contributed by atoms with Crippen molar-refractivity contribution >= 4 is 40.9 Å². The van der Waals surface area contributed by atoms with Gasteiger partial charge in [0.25, 0.3) is 5.56 Å². The standard InChI is InChI=1S/C16H19ClN4O4.C11H16N2O3/c1-5-24-15(23)16(2,3)25-10-6-7-13(18-9-10)19-11-8-12(17)20-21(4)14(11)22;1-4-15-10(14)11(2,3)16-8-5-6-9(12)13-7-8/h6-9H,5H2,1-4H3,(H,18,19);5-7H,4H2,1-3H3,(H2,12,13). The van der Waals surface area contributed by atoms with Crippen LogP contribution in [0.25, 0.3) is 0 Å². The molecule has 0 spiro atoms. The maximum Gasteiger partial charge on any atom is 0.349 e. The molecule has 3 aromatic rings. The van der Waals surface area contributed by atoms with E-state index in [2.05, 4.69) is 20.4 Å². The Kier molecular flexibility index (Phi) is 11.4. The van der Waals surface area contributed by atoms with Gasteiger partial charge >= 0.3 is 11.9 Å². The Labute approximate surface area is 242 Å². The highest BCUT2D eigenvalue weighted by atomic mass is 35.5. The number of ether oxygens (including phenoxy) is 4. The van der Waals surface area contributed by atoms with Crippen LogP contribution in [0.5, 0.6) is 11.5 Å². The fourth-order valence-corrected chi connectivity index (χ4v) is 3.27. The van der Waals surface area contributed by atoms with Crippen molar-refractivity contribution in [3.63, 3.8) is 0 Å². The zero-order valence-corrected chi connectivity index (χ0v) is 24.8. The van der Waals surface area contributed by atoms with E-state index in [4.69, 9.17) is 36.3 Å². The summed E-state index contributed by atoms with van der Waals surface area (Å²) < 4.78 is 22.1. The summed E-state index contributed by atoms with van der Waals surface area (Å²) in [5, 5.41) is 6.86. The molecule has 0 saturated heterocycles. The number of hydrogen-bond donors (Lipinski definition) is 2. The number of nitrogens with one attached hydrogen (secondary N) is 1. The highest BCUT2D eigenvalue weighted by Crippen LogP contribution is 2.22. The van der Waals surface area contributed by atoms with Gasteiger partial charge in [-0.15, -0.1) is 0 Å². The van der Waals surface area contributed by atoms with Crippen molar-refractivity contribution in [1.29, 1.82) is 0 Å². The van der Waals surface area contributed by atoms with E-state index in [1.54, 1.807) is 65.8 Å². The van der Waals surface area contributed by atoms with Crippen molar-refractivity contribution in [2.75, 3.05) is 24.3 Å². The molecule has 0 saturated carbocycles. The second-order valence-corrected chi connectivity index (χ2v) is 9.79. The summed E-state index contributed by atoms with van der Waals surface area (Å²) in [5.74, 6) is 0.817. The SMILES string of the molecule is CCOC(=O)C(C)(C)Oc1ccc(N)nc1.CCOC(=O)C(C)(C)Oc1ccc(Nc2cc(Cl)nn(C)c2=O)nc1. The zero-order chi connectivity index (χ0) is 30.8. The van der Waals surface area contributed by atoms with Crippen molar-refractivity contribution in [2.24, 2.45) is 7.05 Å². The minimum absolute atomic E-state index is 0.181. The predicted molar refractivity (Wildman–Crippen MR) is 153 cm³/mol. The molecule has 13 nitrogen and oxygen atoms in total. The molecule has 0 fully saturated rings. The summed E-state index contributed by atoms with van der Waals surface area (Å²) in [6.45, 7) is 10.6. The quantitative estimate of drug-likeness (QED) is 0.329. The smallest absolute Gasteiger partial charge is 0.349 e. The molecule has 0 amide bonds. The highest BCUT2D eigenvalue weighted by molar-refractivity contribution is 6.29. The molecule has 0 aromatic carbocycles. The molecule has 41 heavy (non-hydrogen) atoms. The Morgan fingerprint density at radius 2 is 1.44 bits per heavy atom. The van der Waals surface area contributed by atoms with Crippen molar-refractivity contribution in [2.45, 2.75) is 52.7 Å². The van der Waals surface area contributed by atoms with Gasteiger partial charge in [0, 0.05) is 13.1 Å². The highest BCUT2D eigenvalue weighted by Gasteiger charge is 2.32. The molecule has 0 radical (unpaired) electrons. The van der Waals surface area contributed by atoms with E-state index in [9.17, 15) is 14.4 Å². The summed E-state index contributed by atoms with van der Waals surface area (Å²) in [6, 6.07) is 7.92. The molecule has 0 aliphatic heterocycles. The van der Waals surface area contributed by atoms with Crippen LogP contribution in [0, 0.1) is 0 Å². The molecule has 3 heterocycles. The lowest BCUT2D eigenvalue weighted by atomic mass is 10.1. The van der Waals surface area contributed by atoms with Crippen LogP contribution in [0.4, 0.5) is 17.3 Å². The number of anilines is 3. The van der Waals surface area contributed by atoms with Gasteiger partial charge < -0.3 is 30.0 Å². The molecule has 222 valence electrons. The number of aromatic nitrogens is 4. The third-order valence-electron chi connectivity index (χ3n) is 5.07. The number of nitrogens with two attached hydrogens (primary N) is 1. The van der Waals surface area contributed by atoms with E-state index in [0.717, 1.165) is 4.68 Å². The average molecular weight is 591 g/mol. The molecule has 0 aliphatic carbocycles. The van der Waals surface area contributed by atoms with Crippen molar-refractivity contribution in [1.82, 2.24) is 19.7 Å². The van der Waals surface area contributed by atoms with E-state index < -0.39 is 23.1 Å². The Morgan fingerprint density at radius 1 is 0.927 bits per heavy atom. The Bertz CT molecular complexity index is 1380. The first-order valence-corrected chi connectivity index (χ1v) is 13.0. The first-order valence-electron chi connectivity index (χ1n) is 12.6. The van der Waals surface area contributed by atoms with Crippen molar-refractivity contribution in [3.8, 4) is 11.5 Å². The average Bonchev–Trinajstić information content (AvgIpc) is 2.90. The van der Waals surface area contributed by atoms with Crippen molar-refractivity contribution < 1.29 is 28.5 Å². The maximum absolute atomic E-state index is 12.0. The minimum atomic E-state index is -1.14. The monoisotopic (exact) mass is 590 g/mol. The topological polar surface area (TPSA) is 170 Å². The number of carbonyl (C=O) groups excluding carboxylic acids is 2. The number of carbonyl (C=O) groups is 2. The molecule has 0 aliphatic rings. The molecule has 0 atom stereocenters. The maximum atomic E-state index is 12.0. The van der Waals surface area contributed by atoms with Crippen LogP contribution >= 0.6 is 11.6 Å². The van der Waals surface area contributed by atoms with E-state index in [1.165, 1.54) is 25.5 Å². The van der Waals surface area contributed by atoms with Gasteiger partial charge in [0.1, 0.15) is 28.8 Å². The van der Waals surface area contributed by atoms with Crippen LogP contribution in [0.2, 0.25) is 5.15 Å². The summed E-state index contributed by atoms with van der Waals surface area (Å²) >= 11 is 5.85. The van der Waals surface area contributed by atoms with Crippen molar-refractivity contribution in [3.05, 3.63) is 58.2 Å². The van der Waals surface area contributed by atoms with E-state index in [1.807, 2.05) is 0 Å². The lowest BCUT2D eigenvalue weighted by Crippen LogP contribution is -2.39. The number of hydrogen-bond acceptors (Lipinski definition) is 12. The van der Waals surface area contributed by atoms with E-state index in [0.29, 0.717) is 29.7 Å². The Morgan fingerprint density at radius 3 is 1.88 bits per heavy atom. The lowest BCUT2D eigenvalue weighted by Gasteiger charge is -2.23. The Balaban J connectivity index is 0.000000317. The molecule has 14 heteroatoms. The van der Waals surface area contributed by atoms with Gasteiger partial charge in [-0.25, -0.2) is 24.2 Å². The molecular formula is C27H35ClN6O7. The lowest BCUT2D eigenvalue weighted by molar-refractivity contribution is -0.159. The number of halogens is 1. The fourth-order valence-electron chi connectivity index (χ4n) is 3.05. The number of nitrogen functional groups attached to an aromatic ring is 1. The molecule has 3 N–H and O–H groups in total. The molecule has 3 rings (SSSR count). The van der Waals surface area contributed by atoms with Crippen LogP contribution in [-0.2, 0) is 26.1 Å². The third kappa shape index (κ3) is 9.94. The van der Waals surface area contributed by atoms with Crippen LogP contribution in [0.3, 0.4) is 0 Å². The number of aryl methyl sites for hydroxylation is 1. The van der Waals surface area contributed by atoms with Gasteiger partial charge in [0.05, 0.1) is 25.6 Å². The first-order chi connectivity index (χ1) is 19.2. The van der Waals surface area contributed by atoms with Crippen LogP contribution in [-0.4, -0.2) is 56.1 Å². The van der Waals surface area contributed by atoms with Crippen LogP contribution < -0.4 is 26.1 Å². The van der Waals surface area contributed by atoms with Gasteiger partial charge in [-0.3, -0.25) is 4.79 Å². The normalized spacial score (nSPS) is 11.0. The second-order valence-electron chi connectivity index (χ2n) is 9.40. The number of nitrogens with zero attached hydrogens (tertiary/aromatic N) is 4. The van der Waals surface area contributed by atoms with E-state index >= 15 is 0 Å². The van der Waals surface area contributed by atoms with Gasteiger partial charge in [-0.2, -0.15) is 5.10 Å². The summed E-state index contributed by atoms with van der Waals surface area (Å²) in [7, 11) is 1.50. The fraction of sp³-hybridized carbons (Fsp3) is 0.407. The number of rotatable bonds is 10. The number of pyridine rings is 2. The van der Waals surface area contributed by atoms with Gasteiger partial charge in [-0.05, 0) is 65.8 Å². The van der Waals surface area contributed by atoms with Crippen LogP contribution in [0.1, 0.15) is 41.5 Å². The summed E-state index contributed by atoms with van der Waals surface area (Å²) in [6.07, 6.45) is 2.91. The molecule has 0 unspecified atom stereocenters. The van der Waals surface area contributed by atoms with Gasteiger partial charge in [-0.1, -0.05) is 11.6 Å². The van der Waals surface area contributed by atoms with Gasteiger partial charge in [0.15, 0.2) is 16.4 Å². The number of esters is 2. The van der Waals surface area contributed by atoms with Crippen LogP contribution in [0.15, 0.2) is 47.5 Å². The minimum Gasteiger partial charge on any atom is -0.475 e. The first kappa shape index (κ1) is 32.8. The van der Waals surface area contributed by atoms with E-state index in [-0.39, 0.29) is 23.0 Å². The third-order valence-corrected chi connectivity index (χ3v) is 5.26. The predicted octanol–water partition coefficient (Wildman–Crippen LogP) is 3.68. The molecule has 0 bridgehead atoms. The summed E-state index contributed by atoms with van der Waals surface area (Å²) in [4.78, 5) is 43.4. The largest absolute Gasteiger partial charge is 0.475 e. The Hall–Kier alpha value is -4.39. The zero-order valence-electron chi connectivity index (χ0n) is 24.1. The molecular weight excluding hydrogens is 556 g/mol. The molecule has 3 aromatic heterocycles. The van der Waals surface area contributed by atoms with Gasteiger partial charge in [0.2, 0.25) is 0 Å².